The number of rotatable bonds is 3. The van der Waals surface area contributed by atoms with E-state index in [9.17, 15) is 13.2 Å². The first-order valence-corrected chi connectivity index (χ1v) is 7.80. The van der Waals surface area contributed by atoms with Crippen LogP contribution >= 0.6 is 0 Å². The lowest BCUT2D eigenvalue weighted by Gasteiger charge is -2.42. The molecule has 1 N–H and O–H groups in total. The van der Waals surface area contributed by atoms with Gasteiger partial charge in [-0.1, -0.05) is 19.3 Å². The summed E-state index contributed by atoms with van der Waals surface area (Å²) < 4.78 is 25.5. The standard InChI is InChI=1S/C11H19NO4S/c13-10(14)9-11(5-2-1-3-6-11)12-7-4-8-17(12,15)16/h1-9H2,(H,13,14). The molecule has 0 unspecified atom stereocenters. The normalized spacial score (nSPS) is 28.0. The Bertz CT molecular complexity index is 398. The van der Waals surface area contributed by atoms with Crippen LogP contribution in [0.25, 0.3) is 0 Å². The molecule has 0 spiro atoms. The van der Waals surface area contributed by atoms with Crippen LogP contribution in [0.3, 0.4) is 0 Å². The zero-order chi connectivity index (χ0) is 12.5. The summed E-state index contributed by atoms with van der Waals surface area (Å²) in [6, 6.07) is 0. The van der Waals surface area contributed by atoms with Crippen LogP contribution in [0.15, 0.2) is 0 Å². The summed E-state index contributed by atoms with van der Waals surface area (Å²) in [6.45, 7) is 0.496. The molecule has 0 radical (unpaired) electrons. The molecule has 17 heavy (non-hydrogen) atoms. The Balaban J connectivity index is 2.29. The number of carboxylic acid groups (broad SMARTS) is 1. The maximum Gasteiger partial charge on any atom is 0.305 e. The Hall–Kier alpha value is -0.620. The van der Waals surface area contributed by atoms with Crippen LogP contribution in [0.1, 0.15) is 44.9 Å². The number of sulfonamides is 1. The summed E-state index contributed by atoms with van der Waals surface area (Å²) >= 11 is 0. The van der Waals surface area contributed by atoms with Crippen molar-refractivity contribution in [3.63, 3.8) is 0 Å². The molecule has 2 aliphatic rings. The first-order chi connectivity index (χ1) is 7.96. The van der Waals surface area contributed by atoms with Crippen LogP contribution in [0, 0.1) is 0 Å². The van der Waals surface area contributed by atoms with Crippen molar-refractivity contribution in [2.75, 3.05) is 12.3 Å². The molecule has 0 aromatic rings. The van der Waals surface area contributed by atoms with E-state index in [-0.39, 0.29) is 12.2 Å². The lowest BCUT2D eigenvalue weighted by Crippen LogP contribution is -2.52. The second kappa shape index (κ2) is 4.57. The molecule has 98 valence electrons. The van der Waals surface area contributed by atoms with Crippen molar-refractivity contribution < 1.29 is 18.3 Å². The summed E-state index contributed by atoms with van der Waals surface area (Å²) in [5.74, 6) is -0.719. The molecule has 0 aromatic heterocycles. The van der Waals surface area contributed by atoms with E-state index in [1.807, 2.05) is 0 Å². The lowest BCUT2D eigenvalue weighted by atomic mass is 9.79. The highest BCUT2D eigenvalue weighted by Gasteiger charge is 2.47. The topological polar surface area (TPSA) is 74.7 Å². The van der Waals surface area contributed by atoms with E-state index in [1.165, 1.54) is 4.31 Å². The van der Waals surface area contributed by atoms with Crippen molar-refractivity contribution in [3.05, 3.63) is 0 Å². The minimum atomic E-state index is -3.22. The molecule has 5 nitrogen and oxygen atoms in total. The predicted octanol–water partition coefficient (Wildman–Crippen LogP) is 1.20. The Kier molecular flexibility index (Phi) is 3.45. The molecule has 6 heteroatoms. The van der Waals surface area contributed by atoms with E-state index in [2.05, 4.69) is 0 Å². The maximum absolute atomic E-state index is 12.0. The van der Waals surface area contributed by atoms with Crippen molar-refractivity contribution in [2.45, 2.75) is 50.5 Å². The second-order valence-corrected chi connectivity index (χ2v) is 7.11. The van der Waals surface area contributed by atoms with Gasteiger partial charge in [0.25, 0.3) is 0 Å². The van der Waals surface area contributed by atoms with E-state index in [4.69, 9.17) is 5.11 Å². The van der Waals surface area contributed by atoms with Crippen molar-refractivity contribution in [2.24, 2.45) is 0 Å². The van der Waals surface area contributed by atoms with Crippen LogP contribution in [-0.4, -0.2) is 41.6 Å². The lowest BCUT2D eigenvalue weighted by molar-refractivity contribution is -0.140. The number of carboxylic acids is 1. The molecule has 0 amide bonds. The van der Waals surface area contributed by atoms with Crippen molar-refractivity contribution in [1.82, 2.24) is 4.31 Å². The summed E-state index contributed by atoms with van der Waals surface area (Å²) in [5.41, 5.74) is -0.639. The van der Waals surface area contributed by atoms with Crippen LogP contribution < -0.4 is 0 Å². The molecule has 2 fully saturated rings. The minimum Gasteiger partial charge on any atom is -0.481 e. The molecule has 0 bridgehead atoms. The summed E-state index contributed by atoms with van der Waals surface area (Å²) in [6.07, 6.45) is 4.90. The molecule has 0 aromatic carbocycles. The van der Waals surface area contributed by atoms with E-state index in [0.29, 0.717) is 25.8 Å². The molecule has 1 aliphatic carbocycles. The third-order valence-corrected chi connectivity index (χ3v) is 5.94. The Morgan fingerprint density at radius 1 is 1.18 bits per heavy atom. The Labute approximate surface area is 102 Å². The number of hydrogen-bond acceptors (Lipinski definition) is 3. The van der Waals surface area contributed by atoms with Crippen molar-refractivity contribution in [1.29, 1.82) is 0 Å². The van der Waals surface area contributed by atoms with Gasteiger partial charge in [0.1, 0.15) is 0 Å². The third-order valence-electron chi connectivity index (χ3n) is 3.89. The smallest absolute Gasteiger partial charge is 0.305 e. The number of nitrogens with zero attached hydrogens (tertiary/aromatic N) is 1. The quantitative estimate of drug-likeness (QED) is 0.828. The van der Waals surface area contributed by atoms with Gasteiger partial charge >= 0.3 is 5.97 Å². The van der Waals surface area contributed by atoms with Gasteiger partial charge in [-0.3, -0.25) is 4.79 Å². The van der Waals surface area contributed by atoms with Gasteiger partial charge in [-0.2, -0.15) is 4.31 Å². The molecular formula is C11H19NO4S. The highest BCUT2D eigenvalue weighted by atomic mass is 32.2. The Morgan fingerprint density at radius 2 is 1.82 bits per heavy atom. The van der Waals surface area contributed by atoms with Gasteiger partial charge < -0.3 is 5.11 Å². The molecular weight excluding hydrogens is 242 g/mol. The maximum atomic E-state index is 12.0. The second-order valence-electron chi connectivity index (χ2n) is 5.10. The summed E-state index contributed by atoms with van der Waals surface area (Å²) in [4.78, 5) is 11.0. The highest BCUT2D eigenvalue weighted by molar-refractivity contribution is 7.89. The SMILES string of the molecule is O=C(O)CC1(N2CCCS2(=O)=O)CCCCC1. The zero-order valence-electron chi connectivity index (χ0n) is 9.89. The van der Waals surface area contributed by atoms with Gasteiger partial charge in [0.15, 0.2) is 0 Å². The fraction of sp³-hybridized carbons (Fsp3) is 0.909. The van der Waals surface area contributed by atoms with Crippen LogP contribution in [0.4, 0.5) is 0 Å². The van der Waals surface area contributed by atoms with E-state index in [0.717, 1.165) is 19.3 Å². The molecule has 2 rings (SSSR count). The average molecular weight is 261 g/mol. The highest BCUT2D eigenvalue weighted by Crippen LogP contribution is 2.40. The van der Waals surface area contributed by atoms with Crippen LogP contribution in [0.2, 0.25) is 0 Å². The fourth-order valence-electron chi connectivity index (χ4n) is 3.18. The predicted molar refractivity (Wildman–Crippen MR) is 63.2 cm³/mol. The van der Waals surface area contributed by atoms with Crippen molar-refractivity contribution >= 4 is 16.0 Å². The van der Waals surface area contributed by atoms with Gasteiger partial charge in [0.05, 0.1) is 12.2 Å². The summed E-state index contributed by atoms with van der Waals surface area (Å²) in [7, 11) is -3.22. The first-order valence-electron chi connectivity index (χ1n) is 6.19. The molecule has 0 atom stereocenters. The fourth-order valence-corrected chi connectivity index (χ4v) is 5.14. The van der Waals surface area contributed by atoms with E-state index < -0.39 is 21.5 Å². The van der Waals surface area contributed by atoms with Crippen LogP contribution in [0.5, 0.6) is 0 Å². The van der Waals surface area contributed by atoms with Gasteiger partial charge in [-0.05, 0) is 19.3 Å². The van der Waals surface area contributed by atoms with Gasteiger partial charge in [-0.15, -0.1) is 0 Å². The molecule has 1 saturated heterocycles. The van der Waals surface area contributed by atoms with Gasteiger partial charge in [-0.25, -0.2) is 8.42 Å². The van der Waals surface area contributed by atoms with Crippen molar-refractivity contribution in [3.8, 4) is 0 Å². The largest absolute Gasteiger partial charge is 0.481 e. The van der Waals surface area contributed by atoms with Gasteiger partial charge in [0, 0.05) is 12.1 Å². The molecule has 1 aliphatic heterocycles. The Morgan fingerprint density at radius 3 is 2.29 bits per heavy atom. The number of hydrogen-bond donors (Lipinski definition) is 1. The molecule has 1 saturated carbocycles. The molecule has 1 heterocycles. The minimum absolute atomic E-state index is 0.0494. The zero-order valence-corrected chi connectivity index (χ0v) is 10.7. The number of carbonyl (C=O) groups is 1. The van der Waals surface area contributed by atoms with E-state index >= 15 is 0 Å². The average Bonchev–Trinajstić information content (AvgIpc) is 2.59. The third kappa shape index (κ3) is 2.47. The van der Waals surface area contributed by atoms with E-state index in [1.54, 1.807) is 0 Å². The van der Waals surface area contributed by atoms with Crippen LogP contribution in [-0.2, 0) is 14.8 Å². The number of aliphatic carboxylic acids is 1. The summed E-state index contributed by atoms with van der Waals surface area (Å²) in [5, 5.41) is 9.04. The monoisotopic (exact) mass is 261 g/mol. The first kappa shape index (κ1) is 12.8. The van der Waals surface area contributed by atoms with Gasteiger partial charge in [0.2, 0.25) is 10.0 Å².